The molecule has 1 aromatic rings. The Balaban J connectivity index is 2.94. The van der Waals surface area contributed by atoms with E-state index in [1.807, 2.05) is 0 Å². The molecule has 0 unspecified atom stereocenters. The van der Waals surface area contributed by atoms with Crippen molar-refractivity contribution in [3.63, 3.8) is 0 Å². The minimum atomic E-state index is -1.15. The lowest BCUT2D eigenvalue weighted by Crippen LogP contribution is -2.20. The Labute approximate surface area is 120 Å². The van der Waals surface area contributed by atoms with E-state index >= 15 is 0 Å². The average molecular weight is 382 g/mol. The molecule has 0 aliphatic heterocycles. The van der Waals surface area contributed by atoms with Crippen molar-refractivity contribution in [1.29, 1.82) is 0 Å². The maximum atomic E-state index is 10.9. The lowest BCUT2D eigenvalue weighted by atomic mass is 9.96. The van der Waals surface area contributed by atoms with Crippen LogP contribution in [0.15, 0.2) is 21.1 Å². The second-order valence-electron chi connectivity index (χ2n) is 3.75. The highest BCUT2D eigenvalue weighted by Crippen LogP contribution is 2.34. The van der Waals surface area contributed by atoms with E-state index in [9.17, 15) is 14.7 Å². The monoisotopic (exact) mass is 380 g/mol. The second kappa shape index (κ2) is 6.19. The van der Waals surface area contributed by atoms with E-state index in [1.54, 1.807) is 12.1 Å². The summed E-state index contributed by atoms with van der Waals surface area (Å²) in [6.45, 7) is 0. The highest BCUT2D eigenvalue weighted by Gasteiger charge is 2.22. The Morgan fingerprint density at radius 2 is 1.67 bits per heavy atom. The number of aromatic hydroxyl groups is 1. The van der Waals surface area contributed by atoms with E-state index in [2.05, 4.69) is 31.9 Å². The number of phenolic OH excluding ortho intramolecular Hbond substituents is 1. The summed E-state index contributed by atoms with van der Waals surface area (Å²) >= 11 is 6.26. The van der Waals surface area contributed by atoms with Crippen LogP contribution in [0.3, 0.4) is 0 Å². The Morgan fingerprint density at radius 1 is 1.17 bits per heavy atom. The number of benzene rings is 1. The largest absolute Gasteiger partial charge is 0.506 e. The first-order chi connectivity index (χ1) is 8.31. The lowest BCUT2D eigenvalue weighted by Gasteiger charge is -2.11. The number of halogens is 2. The van der Waals surface area contributed by atoms with Crippen molar-refractivity contribution >= 4 is 43.8 Å². The fraction of sp³-hybridized carbons (Fsp3) is 0.273. The van der Waals surface area contributed by atoms with Gasteiger partial charge in [0.05, 0.1) is 21.3 Å². The third-order valence-electron chi connectivity index (χ3n) is 2.33. The van der Waals surface area contributed by atoms with Gasteiger partial charge in [-0.15, -0.1) is 0 Å². The number of carboxylic acid groups (broad SMARTS) is 2. The zero-order chi connectivity index (χ0) is 13.9. The number of hydrogen-bond donors (Lipinski definition) is 3. The van der Waals surface area contributed by atoms with Crippen LogP contribution in [0, 0.1) is 5.92 Å². The smallest absolute Gasteiger partial charge is 0.307 e. The molecule has 0 bridgehead atoms. The number of rotatable bonds is 5. The number of carboxylic acids is 2. The van der Waals surface area contributed by atoms with Gasteiger partial charge in [-0.2, -0.15) is 0 Å². The highest BCUT2D eigenvalue weighted by atomic mass is 79.9. The van der Waals surface area contributed by atoms with Crippen LogP contribution in [0.2, 0.25) is 0 Å². The molecule has 3 N–H and O–H groups in total. The third-order valence-corrected chi connectivity index (χ3v) is 3.54. The topological polar surface area (TPSA) is 94.8 Å². The molecule has 0 spiro atoms. The van der Waals surface area contributed by atoms with Gasteiger partial charge in [-0.3, -0.25) is 9.59 Å². The predicted molar refractivity (Wildman–Crippen MR) is 70.6 cm³/mol. The summed E-state index contributed by atoms with van der Waals surface area (Å²) in [5.74, 6) is -3.29. The molecular formula is C11H10Br2O5. The first-order valence-electron chi connectivity index (χ1n) is 4.92. The van der Waals surface area contributed by atoms with Crippen LogP contribution >= 0.6 is 31.9 Å². The predicted octanol–water partition coefficient (Wildman–Crippen LogP) is 2.64. The molecule has 0 aliphatic rings. The molecule has 0 saturated heterocycles. The van der Waals surface area contributed by atoms with Crippen molar-refractivity contribution in [3.05, 3.63) is 26.6 Å². The SMILES string of the molecule is O=C(O)C[C@H](Cc1cc(Br)c(O)c(Br)c1)C(=O)O. The van der Waals surface area contributed by atoms with Gasteiger partial charge < -0.3 is 15.3 Å². The molecule has 0 aromatic heterocycles. The lowest BCUT2D eigenvalue weighted by molar-refractivity contribution is -0.148. The van der Waals surface area contributed by atoms with Gasteiger partial charge >= 0.3 is 11.9 Å². The fourth-order valence-electron chi connectivity index (χ4n) is 1.48. The Kier molecular flexibility index (Phi) is 5.15. The van der Waals surface area contributed by atoms with Gasteiger partial charge in [0.15, 0.2) is 0 Å². The highest BCUT2D eigenvalue weighted by molar-refractivity contribution is 9.11. The minimum absolute atomic E-state index is 0.0175. The van der Waals surface area contributed by atoms with Crippen molar-refractivity contribution in [2.75, 3.05) is 0 Å². The van der Waals surface area contributed by atoms with Gasteiger partial charge in [-0.25, -0.2) is 0 Å². The van der Waals surface area contributed by atoms with E-state index in [0.29, 0.717) is 14.5 Å². The number of phenols is 1. The van der Waals surface area contributed by atoms with Crippen molar-refractivity contribution in [2.24, 2.45) is 5.92 Å². The van der Waals surface area contributed by atoms with E-state index in [1.165, 1.54) is 0 Å². The van der Waals surface area contributed by atoms with Crippen LogP contribution in [0.1, 0.15) is 12.0 Å². The van der Waals surface area contributed by atoms with Crippen LogP contribution in [0.5, 0.6) is 5.75 Å². The quantitative estimate of drug-likeness (QED) is 0.728. The average Bonchev–Trinajstić information content (AvgIpc) is 2.24. The molecule has 1 rings (SSSR count). The molecule has 0 radical (unpaired) electrons. The Hall–Kier alpha value is -1.08. The van der Waals surface area contributed by atoms with Gasteiger partial charge in [0.1, 0.15) is 5.75 Å². The van der Waals surface area contributed by atoms with Gasteiger partial charge in [-0.1, -0.05) is 0 Å². The summed E-state index contributed by atoms with van der Waals surface area (Å²) in [5.41, 5.74) is 0.625. The molecule has 0 heterocycles. The van der Waals surface area contributed by atoms with Gasteiger partial charge in [-0.05, 0) is 56.0 Å². The molecule has 1 aromatic carbocycles. The molecule has 1 atom stereocenters. The Bertz CT molecular complexity index is 463. The number of aliphatic carboxylic acids is 2. The van der Waals surface area contributed by atoms with E-state index in [0.717, 1.165) is 0 Å². The van der Waals surface area contributed by atoms with Crippen LogP contribution in [-0.2, 0) is 16.0 Å². The minimum Gasteiger partial charge on any atom is -0.506 e. The molecule has 0 fully saturated rings. The van der Waals surface area contributed by atoms with Crippen LogP contribution in [-0.4, -0.2) is 27.3 Å². The zero-order valence-corrected chi connectivity index (χ0v) is 12.2. The summed E-state index contributed by atoms with van der Waals surface area (Å²) in [6.07, 6.45) is -0.357. The first kappa shape index (κ1) is 15.0. The number of carbonyl (C=O) groups is 2. The van der Waals surface area contributed by atoms with Crippen molar-refractivity contribution in [2.45, 2.75) is 12.8 Å². The molecule has 18 heavy (non-hydrogen) atoms. The van der Waals surface area contributed by atoms with Crippen molar-refractivity contribution in [1.82, 2.24) is 0 Å². The van der Waals surface area contributed by atoms with Crippen molar-refractivity contribution < 1.29 is 24.9 Å². The second-order valence-corrected chi connectivity index (χ2v) is 5.45. The van der Waals surface area contributed by atoms with Gasteiger partial charge in [0.2, 0.25) is 0 Å². The maximum absolute atomic E-state index is 10.9. The Morgan fingerprint density at radius 3 is 2.06 bits per heavy atom. The van der Waals surface area contributed by atoms with Crippen LogP contribution in [0.4, 0.5) is 0 Å². The third kappa shape index (κ3) is 3.99. The zero-order valence-electron chi connectivity index (χ0n) is 9.06. The van der Waals surface area contributed by atoms with Crippen LogP contribution < -0.4 is 0 Å². The standard InChI is InChI=1S/C11H10Br2O5/c12-7-2-5(3-8(13)10(7)16)1-6(11(17)18)4-9(14)15/h2-3,6,16H,1,4H2,(H,14,15)(H,17,18)/t6-/m0/s1. The normalized spacial score (nSPS) is 12.1. The molecule has 0 amide bonds. The summed E-state index contributed by atoms with van der Waals surface area (Å²) in [7, 11) is 0. The summed E-state index contributed by atoms with van der Waals surface area (Å²) in [4.78, 5) is 21.5. The maximum Gasteiger partial charge on any atom is 0.307 e. The first-order valence-corrected chi connectivity index (χ1v) is 6.51. The van der Waals surface area contributed by atoms with Crippen molar-refractivity contribution in [3.8, 4) is 5.75 Å². The molecule has 7 heteroatoms. The van der Waals surface area contributed by atoms with E-state index < -0.39 is 24.3 Å². The van der Waals surface area contributed by atoms with Gasteiger partial charge in [0, 0.05) is 0 Å². The molecular weight excluding hydrogens is 372 g/mol. The number of hydrogen-bond acceptors (Lipinski definition) is 3. The molecule has 5 nitrogen and oxygen atoms in total. The van der Waals surface area contributed by atoms with Crippen LogP contribution in [0.25, 0.3) is 0 Å². The van der Waals surface area contributed by atoms with E-state index in [4.69, 9.17) is 10.2 Å². The fourth-order valence-corrected chi connectivity index (χ4v) is 2.76. The summed E-state index contributed by atoms with van der Waals surface area (Å²) < 4.78 is 0.845. The molecule has 0 aliphatic carbocycles. The summed E-state index contributed by atoms with van der Waals surface area (Å²) in [6, 6.07) is 3.13. The summed E-state index contributed by atoms with van der Waals surface area (Å²) in [5, 5.41) is 27.1. The van der Waals surface area contributed by atoms with E-state index in [-0.39, 0.29) is 12.2 Å². The molecule has 0 saturated carbocycles. The molecule has 98 valence electrons. The van der Waals surface area contributed by atoms with Gasteiger partial charge in [0.25, 0.3) is 0 Å².